The fourth-order valence-corrected chi connectivity index (χ4v) is 3.59. The van der Waals surface area contributed by atoms with E-state index in [0.717, 1.165) is 16.7 Å². The third-order valence-corrected chi connectivity index (χ3v) is 5.66. The van der Waals surface area contributed by atoms with Gasteiger partial charge in [-0.15, -0.1) is 0 Å². The van der Waals surface area contributed by atoms with Crippen molar-refractivity contribution >= 4 is 18.0 Å². The van der Waals surface area contributed by atoms with Gasteiger partial charge in [-0.25, -0.2) is 9.59 Å². The minimum Gasteiger partial charge on any atom is -0.489 e. The predicted octanol–water partition coefficient (Wildman–Crippen LogP) is 4.33. The van der Waals surface area contributed by atoms with Crippen LogP contribution in [0.5, 0.6) is 5.75 Å². The van der Waals surface area contributed by atoms with Crippen molar-refractivity contribution in [2.24, 2.45) is 5.92 Å². The Kier molecular flexibility index (Phi) is 10.1. The predicted molar refractivity (Wildman–Crippen MR) is 139 cm³/mol. The third-order valence-electron chi connectivity index (χ3n) is 5.66. The summed E-state index contributed by atoms with van der Waals surface area (Å²) in [5.74, 6) is -1.41. The molecule has 3 aromatic rings. The average Bonchev–Trinajstić information content (AvgIpc) is 2.90. The van der Waals surface area contributed by atoms with Gasteiger partial charge < -0.3 is 25.2 Å². The van der Waals surface area contributed by atoms with Crippen LogP contribution in [0.4, 0.5) is 4.79 Å². The summed E-state index contributed by atoms with van der Waals surface area (Å²) in [5, 5.41) is 14.8. The molecule has 0 bridgehead atoms. The van der Waals surface area contributed by atoms with Gasteiger partial charge >= 0.3 is 12.1 Å². The van der Waals surface area contributed by atoms with E-state index in [1.54, 1.807) is 38.1 Å². The second-order valence-electron chi connectivity index (χ2n) is 8.95. The van der Waals surface area contributed by atoms with E-state index < -0.39 is 30.1 Å². The van der Waals surface area contributed by atoms with Crippen molar-refractivity contribution in [3.05, 3.63) is 102 Å². The van der Waals surface area contributed by atoms with Crippen molar-refractivity contribution in [3.8, 4) is 5.75 Å². The summed E-state index contributed by atoms with van der Waals surface area (Å²) in [4.78, 5) is 37.1. The summed E-state index contributed by atoms with van der Waals surface area (Å²) >= 11 is 0. The van der Waals surface area contributed by atoms with Gasteiger partial charge in [0, 0.05) is 6.42 Å². The first kappa shape index (κ1) is 27.3. The highest BCUT2D eigenvalue weighted by Crippen LogP contribution is 2.16. The fourth-order valence-electron chi connectivity index (χ4n) is 3.59. The second kappa shape index (κ2) is 13.7. The van der Waals surface area contributed by atoms with Crippen LogP contribution in [0.15, 0.2) is 84.9 Å². The smallest absolute Gasteiger partial charge is 0.408 e. The molecule has 0 aliphatic heterocycles. The van der Waals surface area contributed by atoms with E-state index in [4.69, 9.17) is 9.47 Å². The van der Waals surface area contributed by atoms with Crippen LogP contribution < -0.4 is 15.4 Å². The molecular formula is C29H32N2O6. The van der Waals surface area contributed by atoms with Crippen LogP contribution in [0.2, 0.25) is 0 Å². The molecule has 0 fully saturated rings. The first-order chi connectivity index (χ1) is 17.8. The molecule has 0 heterocycles. The van der Waals surface area contributed by atoms with Crippen molar-refractivity contribution < 1.29 is 29.0 Å². The molecule has 0 saturated heterocycles. The van der Waals surface area contributed by atoms with Gasteiger partial charge in [0.15, 0.2) is 0 Å². The summed E-state index contributed by atoms with van der Waals surface area (Å²) in [5.41, 5.74) is 2.57. The second-order valence-corrected chi connectivity index (χ2v) is 8.95. The Morgan fingerprint density at radius 3 is 1.86 bits per heavy atom. The first-order valence-corrected chi connectivity index (χ1v) is 12.1. The van der Waals surface area contributed by atoms with Crippen LogP contribution in [0, 0.1) is 5.92 Å². The summed E-state index contributed by atoms with van der Waals surface area (Å²) in [6, 6.07) is 23.8. The quantitative estimate of drug-likeness (QED) is 0.338. The lowest BCUT2D eigenvalue weighted by Gasteiger charge is -2.24. The molecule has 0 radical (unpaired) electrons. The number of benzene rings is 3. The molecular weight excluding hydrogens is 472 g/mol. The zero-order chi connectivity index (χ0) is 26.6. The highest BCUT2D eigenvalue weighted by Gasteiger charge is 2.29. The van der Waals surface area contributed by atoms with Gasteiger partial charge in [0.25, 0.3) is 0 Å². The number of carbonyl (C=O) groups excluding carboxylic acids is 2. The molecule has 0 aliphatic carbocycles. The molecule has 0 spiro atoms. The van der Waals surface area contributed by atoms with E-state index in [1.807, 2.05) is 60.7 Å². The van der Waals surface area contributed by atoms with E-state index >= 15 is 0 Å². The van der Waals surface area contributed by atoms with E-state index in [9.17, 15) is 19.5 Å². The number of hydrogen-bond donors (Lipinski definition) is 3. The van der Waals surface area contributed by atoms with Crippen molar-refractivity contribution in [1.29, 1.82) is 0 Å². The number of nitrogens with one attached hydrogen (secondary N) is 2. The number of alkyl carbamates (subject to hydrolysis) is 1. The number of hydrogen-bond acceptors (Lipinski definition) is 5. The summed E-state index contributed by atoms with van der Waals surface area (Å²) in [6.45, 7) is 3.99. The largest absolute Gasteiger partial charge is 0.489 e. The van der Waals surface area contributed by atoms with Crippen LogP contribution in [-0.4, -0.2) is 35.2 Å². The molecule has 0 saturated carbocycles. The molecule has 3 N–H and O–H groups in total. The number of ether oxygens (including phenoxy) is 2. The third kappa shape index (κ3) is 9.00. The SMILES string of the molecule is CC(C)C(NC(=O)OCc1ccccc1)C(=O)NC(Cc1ccc(OCc2ccccc2)cc1)C(=O)O. The van der Waals surface area contributed by atoms with E-state index in [-0.39, 0.29) is 18.9 Å². The van der Waals surface area contributed by atoms with Crippen LogP contribution in [0.25, 0.3) is 0 Å². The maximum atomic E-state index is 12.9. The van der Waals surface area contributed by atoms with Crippen molar-refractivity contribution in [1.82, 2.24) is 10.6 Å². The summed E-state index contributed by atoms with van der Waals surface area (Å²) < 4.78 is 11.0. The normalized spacial score (nSPS) is 12.3. The van der Waals surface area contributed by atoms with Gasteiger partial charge in [-0.3, -0.25) is 4.79 Å². The summed E-state index contributed by atoms with van der Waals surface area (Å²) in [7, 11) is 0. The lowest BCUT2D eigenvalue weighted by atomic mass is 10.0. The Morgan fingerprint density at radius 1 is 0.757 bits per heavy atom. The lowest BCUT2D eigenvalue weighted by Crippen LogP contribution is -2.54. The Balaban J connectivity index is 1.54. The van der Waals surface area contributed by atoms with Crippen molar-refractivity contribution in [2.75, 3.05) is 0 Å². The average molecular weight is 505 g/mol. The van der Waals surface area contributed by atoms with E-state index in [2.05, 4.69) is 10.6 Å². The van der Waals surface area contributed by atoms with Gasteiger partial charge in [0.05, 0.1) is 0 Å². The monoisotopic (exact) mass is 504 g/mol. The number of amides is 2. The highest BCUT2D eigenvalue weighted by atomic mass is 16.5. The molecule has 2 atom stereocenters. The number of carboxylic acids is 1. The van der Waals surface area contributed by atoms with Gasteiger partial charge in [0.1, 0.15) is 31.0 Å². The van der Waals surface area contributed by atoms with Gasteiger partial charge in [-0.1, -0.05) is 86.6 Å². The van der Waals surface area contributed by atoms with Gasteiger partial charge in [0.2, 0.25) is 5.91 Å². The summed E-state index contributed by atoms with van der Waals surface area (Å²) in [6.07, 6.45) is -0.681. The Labute approximate surface area is 216 Å². The Hall–Kier alpha value is -4.33. The first-order valence-electron chi connectivity index (χ1n) is 12.1. The van der Waals surface area contributed by atoms with Crippen LogP contribution >= 0.6 is 0 Å². The molecule has 8 heteroatoms. The topological polar surface area (TPSA) is 114 Å². The number of aliphatic carboxylic acids is 1. The molecule has 2 unspecified atom stereocenters. The molecule has 8 nitrogen and oxygen atoms in total. The van der Waals surface area contributed by atoms with E-state index in [1.165, 1.54) is 0 Å². The molecule has 194 valence electrons. The number of carbonyl (C=O) groups is 3. The van der Waals surface area contributed by atoms with Crippen molar-refractivity contribution in [2.45, 2.75) is 45.6 Å². The van der Waals surface area contributed by atoms with Gasteiger partial charge in [-0.2, -0.15) is 0 Å². The molecule has 0 aliphatic rings. The Bertz CT molecular complexity index is 1150. The van der Waals surface area contributed by atoms with Crippen LogP contribution in [-0.2, 0) is 34.0 Å². The lowest BCUT2D eigenvalue weighted by molar-refractivity contribution is -0.142. The zero-order valence-corrected chi connectivity index (χ0v) is 20.9. The maximum absolute atomic E-state index is 12.9. The molecule has 0 aromatic heterocycles. The Morgan fingerprint density at radius 2 is 1.32 bits per heavy atom. The van der Waals surface area contributed by atoms with Gasteiger partial charge in [-0.05, 0) is 34.7 Å². The van der Waals surface area contributed by atoms with Crippen LogP contribution in [0.1, 0.15) is 30.5 Å². The molecule has 3 aromatic carbocycles. The molecule has 3 rings (SSSR count). The van der Waals surface area contributed by atoms with Crippen molar-refractivity contribution in [3.63, 3.8) is 0 Å². The number of carboxylic acid groups (broad SMARTS) is 1. The zero-order valence-electron chi connectivity index (χ0n) is 20.9. The minimum atomic E-state index is -1.17. The standard InChI is InChI=1S/C29H32N2O6/c1-20(2)26(31-29(35)37-19-23-11-7-4-8-12-23)27(32)30-25(28(33)34)17-21-13-15-24(16-14-21)36-18-22-9-5-3-6-10-22/h3-16,20,25-26H,17-19H2,1-2H3,(H,30,32)(H,31,35)(H,33,34). The minimum absolute atomic E-state index is 0.0575. The van der Waals surface area contributed by atoms with Crippen LogP contribution in [0.3, 0.4) is 0 Å². The maximum Gasteiger partial charge on any atom is 0.408 e. The fraction of sp³-hybridized carbons (Fsp3) is 0.276. The highest BCUT2D eigenvalue weighted by molar-refractivity contribution is 5.89. The molecule has 2 amide bonds. The molecule has 37 heavy (non-hydrogen) atoms. The van der Waals surface area contributed by atoms with E-state index in [0.29, 0.717) is 12.4 Å². The number of rotatable bonds is 12.